The van der Waals surface area contributed by atoms with Gasteiger partial charge >= 0.3 is 0 Å². The van der Waals surface area contributed by atoms with Gasteiger partial charge in [0.25, 0.3) is 5.91 Å². The van der Waals surface area contributed by atoms with Crippen LogP contribution in [0, 0.1) is 6.92 Å². The Morgan fingerprint density at radius 3 is 2.73 bits per heavy atom. The second kappa shape index (κ2) is 7.31. The molecule has 0 bridgehead atoms. The first-order valence-corrected chi connectivity index (χ1v) is 8.43. The first kappa shape index (κ1) is 18.2. The monoisotopic (exact) mass is 391 g/mol. The number of benzene rings is 1. The molecule has 134 valence electrons. The molecular formula is C17H15Cl2N5O2. The minimum absolute atomic E-state index is 0.207. The maximum Gasteiger partial charge on any atom is 0.253 e. The molecule has 0 saturated heterocycles. The number of pyridine rings is 1. The van der Waals surface area contributed by atoms with Gasteiger partial charge in [-0.1, -0.05) is 23.2 Å². The van der Waals surface area contributed by atoms with Crippen LogP contribution in [0.1, 0.15) is 16.1 Å². The summed E-state index contributed by atoms with van der Waals surface area (Å²) in [6.45, 7) is 1.66. The van der Waals surface area contributed by atoms with Gasteiger partial charge in [0, 0.05) is 17.5 Å². The molecule has 0 saturated carbocycles. The molecule has 3 aromatic rings. The number of rotatable bonds is 4. The van der Waals surface area contributed by atoms with E-state index < -0.39 is 5.91 Å². The number of carbonyl (C=O) groups is 2. The van der Waals surface area contributed by atoms with Gasteiger partial charge in [0.15, 0.2) is 5.65 Å². The number of nitrogens with one attached hydrogen (secondary N) is 2. The van der Waals surface area contributed by atoms with Crippen molar-refractivity contribution in [3.63, 3.8) is 0 Å². The van der Waals surface area contributed by atoms with Crippen LogP contribution in [0.25, 0.3) is 11.0 Å². The van der Waals surface area contributed by atoms with Crippen LogP contribution in [0.2, 0.25) is 10.0 Å². The Labute approximate surface area is 159 Å². The molecule has 2 aromatic heterocycles. The Kier molecular flexibility index (Phi) is 5.11. The van der Waals surface area contributed by atoms with Gasteiger partial charge < -0.3 is 10.6 Å². The fourth-order valence-electron chi connectivity index (χ4n) is 2.51. The van der Waals surface area contributed by atoms with Crippen molar-refractivity contribution in [2.45, 2.75) is 6.92 Å². The maximum absolute atomic E-state index is 12.1. The van der Waals surface area contributed by atoms with E-state index in [1.165, 1.54) is 12.1 Å². The third kappa shape index (κ3) is 3.79. The average molecular weight is 392 g/mol. The lowest BCUT2D eigenvalue weighted by Gasteiger charge is -2.08. The summed E-state index contributed by atoms with van der Waals surface area (Å²) >= 11 is 11.8. The number of amides is 2. The highest BCUT2D eigenvalue weighted by Gasteiger charge is 2.13. The topological polar surface area (TPSA) is 88.9 Å². The Balaban J connectivity index is 1.64. The normalized spacial score (nSPS) is 10.8. The zero-order chi connectivity index (χ0) is 18.8. The van der Waals surface area contributed by atoms with Crippen molar-refractivity contribution in [3.8, 4) is 0 Å². The Morgan fingerprint density at radius 2 is 2.00 bits per heavy atom. The lowest BCUT2D eigenvalue weighted by molar-refractivity contribution is -0.115. The summed E-state index contributed by atoms with van der Waals surface area (Å²) in [6, 6.07) is 6.32. The van der Waals surface area contributed by atoms with Crippen molar-refractivity contribution in [3.05, 3.63) is 51.8 Å². The molecule has 26 heavy (non-hydrogen) atoms. The van der Waals surface area contributed by atoms with E-state index in [0.29, 0.717) is 10.7 Å². The summed E-state index contributed by atoms with van der Waals surface area (Å²) in [7, 11) is 1.80. The Bertz CT molecular complexity index is 1020. The average Bonchev–Trinajstić information content (AvgIpc) is 2.86. The fraction of sp³-hybridized carbons (Fsp3) is 0.176. The van der Waals surface area contributed by atoms with Gasteiger partial charge in [-0.05, 0) is 31.2 Å². The predicted octanol–water partition coefficient (Wildman–Crippen LogP) is 2.95. The van der Waals surface area contributed by atoms with Crippen molar-refractivity contribution in [1.82, 2.24) is 20.1 Å². The van der Waals surface area contributed by atoms with Crippen molar-refractivity contribution < 1.29 is 9.59 Å². The second-order valence-electron chi connectivity index (χ2n) is 5.66. The summed E-state index contributed by atoms with van der Waals surface area (Å²) in [5, 5.41) is 11.0. The van der Waals surface area contributed by atoms with E-state index in [1.807, 2.05) is 6.92 Å². The van der Waals surface area contributed by atoms with Gasteiger partial charge in [0.2, 0.25) is 5.91 Å². The number of aromatic nitrogens is 3. The molecule has 2 N–H and O–H groups in total. The summed E-state index contributed by atoms with van der Waals surface area (Å²) in [4.78, 5) is 28.5. The number of aryl methyl sites for hydroxylation is 2. The van der Waals surface area contributed by atoms with E-state index in [-0.39, 0.29) is 23.0 Å². The molecule has 0 aliphatic carbocycles. The van der Waals surface area contributed by atoms with Crippen molar-refractivity contribution in [2.75, 3.05) is 11.9 Å². The largest absolute Gasteiger partial charge is 0.343 e. The lowest BCUT2D eigenvalue weighted by atomic mass is 10.2. The maximum atomic E-state index is 12.1. The third-order valence-corrected chi connectivity index (χ3v) is 4.28. The first-order chi connectivity index (χ1) is 12.3. The quantitative estimate of drug-likeness (QED) is 0.715. The van der Waals surface area contributed by atoms with Gasteiger partial charge in [0.05, 0.1) is 34.7 Å². The van der Waals surface area contributed by atoms with Crippen molar-refractivity contribution >= 4 is 51.7 Å². The van der Waals surface area contributed by atoms with Gasteiger partial charge in [-0.15, -0.1) is 0 Å². The number of hydrogen-bond donors (Lipinski definition) is 2. The second-order valence-corrected chi connectivity index (χ2v) is 6.50. The molecule has 0 fully saturated rings. The number of nitrogens with zero attached hydrogens (tertiary/aromatic N) is 3. The third-order valence-electron chi connectivity index (χ3n) is 3.73. The highest BCUT2D eigenvalue weighted by Crippen LogP contribution is 2.21. The van der Waals surface area contributed by atoms with E-state index >= 15 is 0 Å². The fourth-order valence-corrected chi connectivity index (χ4v) is 3.01. The summed E-state index contributed by atoms with van der Waals surface area (Å²) < 4.78 is 1.67. The Hall–Kier alpha value is -2.64. The molecule has 0 spiro atoms. The van der Waals surface area contributed by atoms with Crippen LogP contribution in [-0.4, -0.2) is 33.1 Å². The molecule has 0 aliphatic rings. The molecule has 0 atom stereocenters. The number of carbonyl (C=O) groups excluding carboxylic acids is 2. The molecule has 1 aromatic carbocycles. The number of fused-ring (bicyclic) bond motifs is 1. The van der Waals surface area contributed by atoms with Crippen molar-refractivity contribution in [2.24, 2.45) is 7.05 Å². The summed E-state index contributed by atoms with van der Waals surface area (Å²) in [6.07, 6.45) is 1.54. The minimum atomic E-state index is -0.460. The molecule has 0 unspecified atom stereocenters. The van der Waals surface area contributed by atoms with E-state index in [9.17, 15) is 9.59 Å². The predicted molar refractivity (Wildman–Crippen MR) is 101 cm³/mol. The van der Waals surface area contributed by atoms with E-state index in [0.717, 1.165) is 16.7 Å². The summed E-state index contributed by atoms with van der Waals surface area (Å²) in [5.41, 5.74) is 2.32. The number of halogens is 2. The van der Waals surface area contributed by atoms with E-state index in [1.54, 1.807) is 30.1 Å². The zero-order valence-corrected chi connectivity index (χ0v) is 15.5. The standard InChI is InChI=1S/C17H15Cl2N5O2/c1-9-13-6-11(7-20-16(13)24(2)23-9)22-15(25)8-21-17(26)12-4-3-10(18)5-14(12)19/h3-7H,8H2,1-2H3,(H,21,26)(H,22,25). The smallest absolute Gasteiger partial charge is 0.253 e. The molecule has 3 rings (SSSR count). The van der Waals surface area contributed by atoms with Crippen LogP contribution >= 0.6 is 23.2 Å². The van der Waals surface area contributed by atoms with Gasteiger partial charge in [-0.25, -0.2) is 4.98 Å². The van der Waals surface area contributed by atoms with Crippen LogP contribution in [-0.2, 0) is 11.8 Å². The highest BCUT2D eigenvalue weighted by atomic mass is 35.5. The molecular weight excluding hydrogens is 377 g/mol. The summed E-state index contributed by atoms with van der Waals surface area (Å²) in [5.74, 6) is -0.843. The Morgan fingerprint density at radius 1 is 1.23 bits per heavy atom. The molecule has 2 heterocycles. The molecule has 9 heteroatoms. The van der Waals surface area contributed by atoms with Crippen LogP contribution < -0.4 is 10.6 Å². The molecule has 2 amide bonds. The van der Waals surface area contributed by atoms with Crippen LogP contribution in [0.15, 0.2) is 30.5 Å². The van der Waals surface area contributed by atoms with E-state index in [2.05, 4.69) is 20.7 Å². The highest BCUT2D eigenvalue weighted by molar-refractivity contribution is 6.36. The molecule has 0 aliphatic heterocycles. The van der Waals surface area contributed by atoms with Crippen LogP contribution in [0.5, 0.6) is 0 Å². The van der Waals surface area contributed by atoms with Crippen LogP contribution in [0.4, 0.5) is 5.69 Å². The lowest BCUT2D eigenvalue weighted by Crippen LogP contribution is -2.33. The van der Waals surface area contributed by atoms with Gasteiger partial charge in [-0.2, -0.15) is 5.10 Å². The van der Waals surface area contributed by atoms with Crippen molar-refractivity contribution in [1.29, 1.82) is 0 Å². The zero-order valence-electron chi connectivity index (χ0n) is 14.0. The first-order valence-electron chi connectivity index (χ1n) is 7.67. The van der Waals surface area contributed by atoms with E-state index in [4.69, 9.17) is 23.2 Å². The molecule has 0 radical (unpaired) electrons. The van der Waals surface area contributed by atoms with Crippen LogP contribution in [0.3, 0.4) is 0 Å². The number of anilines is 1. The molecule has 7 nitrogen and oxygen atoms in total. The minimum Gasteiger partial charge on any atom is -0.343 e. The number of hydrogen-bond acceptors (Lipinski definition) is 4. The van der Waals surface area contributed by atoms with Gasteiger partial charge in [-0.3, -0.25) is 14.3 Å². The van der Waals surface area contributed by atoms with Gasteiger partial charge in [0.1, 0.15) is 0 Å². The SMILES string of the molecule is Cc1nn(C)c2ncc(NC(=O)CNC(=O)c3ccc(Cl)cc3Cl)cc12.